The van der Waals surface area contributed by atoms with Gasteiger partial charge < -0.3 is 20.9 Å². The van der Waals surface area contributed by atoms with Crippen molar-refractivity contribution in [3.63, 3.8) is 0 Å². The fraction of sp³-hybridized carbons (Fsp3) is 0.400. The molecule has 1 saturated carbocycles. The van der Waals surface area contributed by atoms with Crippen molar-refractivity contribution in [2.45, 2.75) is 44.6 Å². The van der Waals surface area contributed by atoms with Gasteiger partial charge in [0.1, 0.15) is 0 Å². The lowest BCUT2D eigenvalue weighted by Crippen LogP contribution is -2.39. The van der Waals surface area contributed by atoms with E-state index in [9.17, 15) is 4.79 Å². The third kappa shape index (κ3) is 4.85. The van der Waals surface area contributed by atoms with Crippen molar-refractivity contribution in [3.8, 4) is 11.1 Å². The molecular weight excluding hydrogens is 372 g/mol. The number of nitrogens with one attached hydrogen (secondary N) is 2. The Morgan fingerprint density at radius 1 is 1.10 bits per heavy atom. The van der Waals surface area contributed by atoms with Crippen molar-refractivity contribution < 1.29 is 4.79 Å². The number of rotatable bonds is 7. The lowest BCUT2D eigenvalue weighted by molar-refractivity contribution is -0.120. The maximum absolute atomic E-state index is 12.5. The number of aromatic amines is 1. The fourth-order valence-electron chi connectivity index (χ4n) is 4.50. The maximum atomic E-state index is 12.5. The van der Waals surface area contributed by atoms with E-state index in [4.69, 9.17) is 5.73 Å². The largest absolute Gasteiger partial charge is 0.399 e. The molecular formula is C25H32N4O. The number of fused-ring (bicyclic) bond motifs is 1. The first-order valence-electron chi connectivity index (χ1n) is 11.0. The first-order valence-corrected chi connectivity index (χ1v) is 11.0. The SMILES string of the molecule is CN(CCNC(=O)Cc1c[nH]c2cc(-c3ccc(N)cc3)ccc12)C1CCCCC1. The molecule has 1 fully saturated rings. The summed E-state index contributed by atoms with van der Waals surface area (Å²) >= 11 is 0. The number of anilines is 1. The quantitative estimate of drug-likeness (QED) is 0.513. The Labute approximate surface area is 178 Å². The molecule has 1 aliphatic rings. The van der Waals surface area contributed by atoms with Crippen molar-refractivity contribution in [2.24, 2.45) is 0 Å². The topological polar surface area (TPSA) is 74.2 Å². The lowest BCUT2D eigenvalue weighted by atomic mass is 9.94. The maximum Gasteiger partial charge on any atom is 0.224 e. The van der Waals surface area contributed by atoms with Crippen molar-refractivity contribution in [1.29, 1.82) is 0 Å². The third-order valence-corrected chi connectivity index (χ3v) is 6.35. The molecule has 0 aliphatic heterocycles. The van der Waals surface area contributed by atoms with E-state index >= 15 is 0 Å². The second kappa shape index (κ2) is 9.35. The zero-order valence-electron chi connectivity index (χ0n) is 17.8. The van der Waals surface area contributed by atoms with Crippen molar-refractivity contribution in [3.05, 3.63) is 54.2 Å². The molecule has 3 aromatic rings. The molecule has 1 aromatic heterocycles. The van der Waals surface area contributed by atoms with E-state index in [-0.39, 0.29) is 5.91 Å². The van der Waals surface area contributed by atoms with Crippen LogP contribution in [0.25, 0.3) is 22.0 Å². The van der Waals surface area contributed by atoms with Crippen molar-refractivity contribution in [2.75, 3.05) is 25.9 Å². The number of nitrogens with two attached hydrogens (primary N) is 1. The monoisotopic (exact) mass is 404 g/mol. The normalized spacial score (nSPS) is 15.0. The van der Waals surface area contributed by atoms with Crippen LogP contribution in [0.2, 0.25) is 0 Å². The summed E-state index contributed by atoms with van der Waals surface area (Å²) < 4.78 is 0. The molecule has 1 amide bonds. The predicted octanol–water partition coefficient (Wildman–Crippen LogP) is 4.34. The first-order chi connectivity index (χ1) is 14.6. The number of hydrogen-bond donors (Lipinski definition) is 3. The Morgan fingerprint density at radius 2 is 1.83 bits per heavy atom. The fourth-order valence-corrected chi connectivity index (χ4v) is 4.50. The van der Waals surface area contributed by atoms with Crippen LogP contribution in [-0.4, -0.2) is 42.0 Å². The van der Waals surface area contributed by atoms with Gasteiger partial charge in [-0.15, -0.1) is 0 Å². The lowest BCUT2D eigenvalue weighted by Gasteiger charge is -2.31. The summed E-state index contributed by atoms with van der Waals surface area (Å²) in [5.41, 5.74) is 10.9. The van der Waals surface area contributed by atoms with Crippen LogP contribution in [0.15, 0.2) is 48.7 Å². The summed E-state index contributed by atoms with van der Waals surface area (Å²) in [5.74, 6) is 0.0792. The highest BCUT2D eigenvalue weighted by atomic mass is 16.1. The van der Waals surface area contributed by atoms with Crippen LogP contribution in [-0.2, 0) is 11.2 Å². The molecule has 1 heterocycles. The van der Waals surface area contributed by atoms with E-state index in [1.165, 1.54) is 32.1 Å². The molecule has 30 heavy (non-hydrogen) atoms. The summed E-state index contributed by atoms with van der Waals surface area (Å²) in [6.07, 6.45) is 8.97. The molecule has 2 aromatic carbocycles. The molecule has 1 aliphatic carbocycles. The van der Waals surface area contributed by atoms with Gasteiger partial charge >= 0.3 is 0 Å². The van der Waals surface area contributed by atoms with Crippen LogP contribution in [0, 0.1) is 0 Å². The molecule has 0 atom stereocenters. The van der Waals surface area contributed by atoms with Crippen LogP contribution < -0.4 is 11.1 Å². The van der Waals surface area contributed by atoms with Gasteiger partial charge in [-0.1, -0.05) is 43.5 Å². The number of hydrogen-bond acceptors (Lipinski definition) is 3. The summed E-state index contributed by atoms with van der Waals surface area (Å²) in [6.45, 7) is 1.62. The summed E-state index contributed by atoms with van der Waals surface area (Å²) in [5, 5.41) is 4.19. The van der Waals surface area contributed by atoms with Crippen LogP contribution in [0.1, 0.15) is 37.7 Å². The molecule has 4 rings (SSSR count). The van der Waals surface area contributed by atoms with E-state index in [2.05, 4.69) is 40.4 Å². The van der Waals surface area contributed by atoms with E-state index in [1.54, 1.807) is 0 Å². The number of amides is 1. The molecule has 4 N–H and O–H groups in total. The minimum atomic E-state index is 0.0792. The number of carbonyl (C=O) groups is 1. The molecule has 0 saturated heterocycles. The molecule has 0 radical (unpaired) electrons. The van der Waals surface area contributed by atoms with Gasteiger partial charge in [0, 0.05) is 41.9 Å². The Balaban J connectivity index is 1.33. The van der Waals surface area contributed by atoms with Gasteiger partial charge in [-0.3, -0.25) is 4.79 Å². The molecule has 5 nitrogen and oxygen atoms in total. The van der Waals surface area contributed by atoms with Crippen LogP contribution in [0.5, 0.6) is 0 Å². The van der Waals surface area contributed by atoms with Crippen molar-refractivity contribution in [1.82, 2.24) is 15.2 Å². The Morgan fingerprint density at radius 3 is 2.60 bits per heavy atom. The van der Waals surface area contributed by atoms with Gasteiger partial charge in [-0.2, -0.15) is 0 Å². The highest BCUT2D eigenvalue weighted by molar-refractivity contribution is 5.91. The Kier molecular flexibility index (Phi) is 6.38. The number of nitrogens with zero attached hydrogens (tertiary/aromatic N) is 1. The van der Waals surface area contributed by atoms with Gasteiger partial charge in [0.2, 0.25) is 5.91 Å². The second-order valence-corrected chi connectivity index (χ2v) is 8.50. The van der Waals surface area contributed by atoms with Crippen LogP contribution in [0.4, 0.5) is 5.69 Å². The minimum Gasteiger partial charge on any atom is -0.399 e. The van der Waals surface area contributed by atoms with Crippen LogP contribution >= 0.6 is 0 Å². The Bertz CT molecular complexity index is 986. The van der Waals surface area contributed by atoms with E-state index in [0.29, 0.717) is 19.0 Å². The molecule has 5 heteroatoms. The highest BCUT2D eigenvalue weighted by Crippen LogP contribution is 2.27. The number of carbonyl (C=O) groups excluding carboxylic acids is 1. The zero-order valence-corrected chi connectivity index (χ0v) is 17.8. The number of aromatic nitrogens is 1. The van der Waals surface area contributed by atoms with E-state index in [0.717, 1.165) is 39.8 Å². The Hall–Kier alpha value is -2.79. The summed E-state index contributed by atoms with van der Waals surface area (Å²) in [6, 6.07) is 14.9. The van der Waals surface area contributed by atoms with Crippen molar-refractivity contribution >= 4 is 22.5 Å². The molecule has 0 unspecified atom stereocenters. The number of likely N-dealkylation sites (N-methyl/N-ethyl adjacent to an activating group) is 1. The minimum absolute atomic E-state index is 0.0792. The predicted molar refractivity (Wildman–Crippen MR) is 124 cm³/mol. The summed E-state index contributed by atoms with van der Waals surface area (Å²) in [7, 11) is 2.18. The average Bonchev–Trinajstić information content (AvgIpc) is 3.16. The van der Waals surface area contributed by atoms with Crippen LogP contribution in [0.3, 0.4) is 0 Å². The van der Waals surface area contributed by atoms with Gasteiger partial charge in [0.25, 0.3) is 0 Å². The molecule has 0 bridgehead atoms. The standard InChI is InChI=1S/C25H32N4O/c1-29(22-5-3-2-4-6-22)14-13-27-25(30)16-20-17-28-24-15-19(9-12-23(20)24)18-7-10-21(26)11-8-18/h7-12,15,17,22,28H,2-6,13-14,16,26H2,1H3,(H,27,30). The van der Waals surface area contributed by atoms with E-state index < -0.39 is 0 Å². The molecule has 158 valence electrons. The highest BCUT2D eigenvalue weighted by Gasteiger charge is 2.17. The first kappa shape index (κ1) is 20.5. The number of benzene rings is 2. The van der Waals surface area contributed by atoms with Gasteiger partial charge in [0.15, 0.2) is 0 Å². The van der Waals surface area contributed by atoms with Gasteiger partial charge in [0.05, 0.1) is 6.42 Å². The van der Waals surface area contributed by atoms with Gasteiger partial charge in [-0.05, 0) is 54.8 Å². The zero-order chi connectivity index (χ0) is 20.9. The van der Waals surface area contributed by atoms with E-state index in [1.807, 2.05) is 30.5 Å². The second-order valence-electron chi connectivity index (χ2n) is 8.50. The average molecular weight is 405 g/mol. The smallest absolute Gasteiger partial charge is 0.224 e. The van der Waals surface area contributed by atoms with Gasteiger partial charge in [-0.25, -0.2) is 0 Å². The number of H-pyrrole nitrogens is 1. The third-order valence-electron chi connectivity index (χ3n) is 6.35. The summed E-state index contributed by atoms with van der Waals surface area (Å²) in [4.78, 5) is 18.2. The number of nitrogen functional groups attached to an aromatic ring is 1. The molecule has 0 spiro atoms.